The second-order valence-corrected chi connectivity index (χ2v) is 5.52. The minimum Gasteiger partial charge on any atom is -0.425 e. The maximum Gasteiger partial charge on any atom is 0.376 e. The van der Waals surface area contributed by atoms with Crippen LogP contribution in [-0.2, 0) is 9.09 Å². The molecule has 0 unspecified atom stereocenters. The summed E-state index contributed by atoms with van der Waals surface area (Å²) in [4.78, 5) is 0. The molecule has 1 atom stereocenters. The maximum atomic E-state index is 11.8. The van der Waals surface area contributed by atoms with Gasteiger partial charge in [0.1, 0.15) is 5.75 Å². The van der Waals surface area contributed by atoms with Gasteiger partial charge in [-0.2, -0.15) is 0 Å². The van der Waals surface area contributed by atoms with Crippen LogP contribution >= 0.6 is 7.60 Å². The van der Waals surface area contributed by atoms with Crippen LogP contribution in [0.15, 0.2) is 24.3 Å². The van der Waals surface area contributed by atoms with Gasteiger partial charge in [-0.15, -0.1) is 0 Å². The zero-order valence-electron chi connectivity index (χ0n) is 9.14. The number of hydrogen-bond acceptors (Lipinski definition) is 4. The van der Waals surface area contributed by atoms with Gasteiger partial charge in [0.05, 0.1) is 6.10 Å². The topological polar surface area (TPSA) is 61.5 Å². The highest BCUT2D eigenvalue weighted by Crippen LogP contribution is 2.45. The van der Waals surface area contributed by atoms with E-state index in [1.54, 1.807) is 24.3 Å². The minimum atomic E-state index is -3.03. The Kier molecular flexibility index (Phi) is 3.77. The SMILES string of the molecule is CC(C)O[P@@](C)(=O)Oc1ccc(N)cc1. The van der Waals surface area contributed by atoms with E-state index in [4.69, 9.17) is 14.8 Å². The highest BCUT2D eigenvalue weighted by atomic mass is 31.2. The van der Waals surface area contributed by atoms with Crippen molar-refractivity contribution in [3.8, 4) is 5.75 Å². The number of hydrogen-bond donors (Lipinski definition) is 1. The van der Waals surface area contributed by atoms with E-state index >= 15 is 0 Å². The number of benzene rings is 1. The number of nitrogens with two attached hydrogens (primary N) is 1. The third-order valence-corrected chi connectivity index (χ3v) is 2.90. The van der Waals surface area contributed by atoms with Crippen molar-refractivity contribution in [1.82, 2.24) is 0 Å². The zero-order chi connectivity index (χ0) is 11.5. The van der Waals surface area contributed by atoms with E-state index < -0.39 is 7.60 Å². The van der Waals surface area contributed by atoms with Gasteiger partial charge in [-0.25, -0.2) is 4.57 Å². The third-order valence-electron chi connectivity index (χ3n) is 1.55. The molecule has 0 bridgehead atoms. The van der Waals surface area contributed by atoms with Crippen molar-refractivity contribution in [3.05, 3.63) is 24.3 Å². The summed E-state index contributed by atoms with van der Waals surface area (Å²) in [7, 11) is -3.03. The van der Waals surface area contributed by atoms with Crippen molar-refractivity contribution in [2.75, 3.05) is 12.4 Å². The summed E-state index contributed by atoms with van der Waals surface area (Å²) in [6.07, 6.45) is -0.130. The van der Waals surface area contributed by atoms with Crippen molar-refractivity contribution in [2.24, 2.45) is 0 Å². The predicted molar refractivity (Wildman–Crippen MR) is 61.2 cm³/mol. The first-order chi connectivity index (χ1) is 6.89. The summed E-state index contributed by atoms with van der Waals surface area (Å²) in [6, 6.07) is 6.69. The zero-order valence-corrected chi connectivity index (χ0v) is 10.0. The van der Waals surface area contributed by atoms with Crippen molar-refractivity contribution >= 4 is 13.3 Å². The smallest absolute Gasteiger partial charge is 0.376 e. The first-order valence-electron chi connectivity index (χ1n) is 4.70. The lowest BCUT2D eigenvalue weighted by atomic mass is 10.3. The third kappa shape index (κ3) is 4.36. The molecule has 0 saturated carbocycles. The van der Waals surface area contributed by atoms with Gasteiger partial charge in [0.15, 0.2) is 0 Å². The summed E-state index contributed by atoms with van der Waals surface area (Å²) in [5.74, 6) is 0.496. The van der Waals surface area contributed by atoms with Crippen LogP contribution in [0.5, 0.6) is 5.75 Å². The van der Waals surface area contributed by atoms with Crippen LogP contribution in [0.3, 0.4) is 0 Å². The molecule has 84 valence electrons. The molecule has 0 aliphatic carbocycles. The molecule has 1 rings (SSSR count). The van der Waals surface area contributed by atoms with Crippen molar-refractivity contribution < 1.29 is 13.6 Å². The molecule has 2 N–H and O–H groups in total. The summed E-state index contributed by atoms with van der Waals surface area (Å²) in [6.45, 7) is 5.06. The first kappa shape index (κ1) is 12.1. The lowest BCUT2D eigenvalue weighted by Crippen LogP contribution is -2.03. The number of rotatable bonds is 4. The van der Waals surface area contributed by atoms with Gasteiger partial charge in [-0.3, -0.25) is 4.52 Å². The molecular formula is C10H16NO3P. The normalized spacial score (nSPS) is 14.9. The molecular weight excluding hydrogens is 213 g/mol. The molecule has 0 spiro atoms. The van der Waals surface area contributed by atoms with Crippen molar-refractivity contribution in [3.63, 3.8) is 0 Å². The van der Waals surface area contributed by atoms with Crippen LogP contribution < -0.4 is 10.3 Å². The molecule has 0 aliphatic heterocycles. The van der Waals surface area contributed by atoms with Gasteiger partial charge >= 0.3 is 7.60 Å². The summed E-state index contributed by atoms with van der Waals surface area (Å²) in [5.41, 5.74) is 6.15. The molecule has 0 radical (unpaired) electrons. The lowest BCUT2D eigenvalue weighted by Gasteiger charge is -2.17. The summed E-state index contributed by atoms with van der Waals surface area (Å²) >= 11 is 0. The van der Waals surface area contributed by atoms with E-state index in [0.717, 1.165) is 0 Å². The Morgan fingerprint density at radius 2 is 1.80 bits per heavy atom. The molecule has 0 aliphatic rings. The van der Waals surface area contributed by atoms with Crippen LogP contribution in [0.4, 0.5) is 5.69 Å². The molecule has 5 heteroatoms. The minimum absolute atomic E-state index is 0.130. The highest BCUT2D eigenvalue weighted by molar-refractivity contribution is 7.53. The van der Waals surface area contributed by atoms with Crippen LogP contribution in [0, 0.1) is 0 Å². The first-order valence-corrected chi connectivity index (χ1v) is 6.69. The van der Waals surface area contributed by atoms with Crippen LogP contribution in [0.1, 0.15) is 13.8 Å². The van der Waals surface area contributed by atoms with E-state index in [0.29, 0.717) is 11.4 Å². The Morgan fingerprint density at radius 3 is 2.27 bits per heavy atom. The Labute approximate surface area is 89.9 Å². The Balaban J connectivity index is 2.69. The molecule has 0 fully saturated rings. The van der Waals surface area contributed by atoms with Gasteiger partial charge in [-0.05, 0) is 38.1 Å². The molecule has 4 nitrogen and oxygen atoms in total. The highest BCUT2D eigenvalue weighted by Gasteiger charge is 2.20. The molecule has 1 aromatic carbocycles. The number of nitrogen functional groups attached to an aromatic ring is 1. The van der Waals surface area contributed by atoms with Gasteiger partial charge in [0.2, 0.25) is 0 Å². The van der Waals surface area contributed by atoms with E-state index in [1.165, 1.54) is 6.66 Å². The van der Waals surface area contributed by atoms with Gasteiger partial charge in [0.25, 0.3) is 0 Å². The molecule has 15 heavy (non-hydrogen) atoms. The molecule has 1 aromatic rings. The number of anilines is 1. The standard InChI is InChI=1S/C10H16NO3P/c1-8(2)13-15(3,12)14-10-6-4-9(11)5-7-10/h4-8H,11H2,1-3H3/t15-/m1/s1. The Hall–Kier alpha value is -0.990. The molecule has 0 amide bonds. The second-order valence-electron chi connectivity index (χ2n) is 3.59. The average molecular weight is 229 g/mol. The van der Waals surface area contributed by atoms with E-state index in [-0.39, 0.29) is 6.10 Å². The molecule has 0 saturated heterocycles. The Morgan fingerprint density at radius 1 is 1.27 bits per heavy atom. The molecule has 0 heterocycles. The van der Waals surface area contributed by atoms with Crippen LogP contribution in [-0.4, -0.2) is 12.8 Å². The lowest BCUT2D eigenvalue weighted by molar-refractivity contribution is 0.213. The second kappa shape index (κ2) is 4.69. The average Bonchev–Trinajstić information content (AvgIpc) is 2.06. The summed E-state index contributed by atoms with van der Waals surface area (Å²) in [5, 5.41) is 0. The Bertz CT molecular complexity index is 361. The predicted octanol–water partition coefficient (Wildman–Crippen LogP) is 2.90. The van der Waals surface area contributed by atoms with E-state index in [2.05, 4.69) is 0 Å². The van der Waals surface area contributed by atoms with Crippen LogP contribution in [0.25, 0.3) is 0 Å². The van der Waals surface area contributed by atoms with Gasteiger partial charge in [0, 0.05) is 12.4 Å². The fourth-order valence-corrected chi connectivity index (χ4v) is 2.44. The fourth-order valence-electron chi connectivity index (χ4n) is 1.12. The van der Waals surface area contributed by atoms with Crippen molar-refractivity contribution in [2.45, 2.75) is 20.0 Å². The van der Waals surface area contributed by atoms with Gasteiger partial charge in [-0.1, -0.05) is 0 Å². The van der Waals surface area contributed by atoms with Crippen molar-refractivity contribution in [1.29, 1.82) is 0 Å². The van der Waals surface area contributed by atoms with E-state index in [9.17, 15) is 4.57 Å². The van der Waals surface area contributed by atoms with Gasteiger partial charge < -0.3 is 10.3 Å². The molecule has 0 aromatic heterocycles. The quantitative estimate of drug-likeness (QED) is 0.637. The maximum absolute atomic E-state index is 11.8. The summed E-state index contributed by atoms with van der Waals surface area (Å²) < 4.78 is 22.2. The fraction of sp³-hybridized carbons (Fsp3) is 0.400. The van der Waals surface area contributed by atoms with E-state index in [1.807, 2.05) is 13.8 Å². The largest absolute Gasteiger partial charge is 0.425 e. The van der Waals surface area contributed by atoms with Crippen LogP contribution in [0.2, 0.25) is 0 Å². The monoisotopic (exact) mass is 229 g/mol.